The number of hydrogen-bond acceptors (Lipinski definition) is 0. The second kappa shape index (κ2) is 7.25. The van der Waals surface area contributed by atoms with Gasteiger partial charge in [0.1, 0.15) is 0 Å². The molecule has 1 heterocycles. The van der Waals surface area contributed by atoms with E-state index in [1.165, 1.54) is 41.3 Å². The summed E-state index contributed by atoms with van der Waals surface area (Å²) in [5.41, 5.74) is 4.20. The van der Waals surface area contributed by atoms with E-state index in [2.05, 4.69) is 50.2 Å². The monoisotopic (exact) mass is 247 g/mol. The van der Waals surface area contributed by atoms with Crippen LogP contribution in [0.5, 0.6) is 0 Å². The molecule has 0 amide bonds. The summed E-state index contributed by atoms with van der Waals surface area (Å²) in [6.07, 6.45) is 5.75. The van der Waals surface area contributed by atoms with Gasteiger partial charge in [0, 0.05) is 18.5 Å². The van der Waals surface area contributed by atoms with Crippen LogP contribution in [0.3, 0.4) is 0 Å². The van der Waals surface area contributed by atoms with Crippen molar-refractivity contribution in [2.24, 2.45) is 0 Å². The zero-order valence-electron chi connectivity index (χ0n) is 12.5. The molecule has 102 valence electrons. The van der Waals surface area contributed by atoms with Crippen LogP contribution in [0.15, 0.2) is 24.4 Å². The van der Waals surface area contributed by atoms with E-state index in [1.54, 1.807) is 0 Å². The number of H-pyrrole nitrogens is 1. The standard InChI is InChI=1S/C15H21N.C2H6.H2/c1-4-6-13-10-16-15-8-7-12(9-14(13)15)11(3)5-2;1-2;/h7-11,16H,4-6H2,1-3H3;1-2H3;1H. The van der Waals surface area contributed by atoms with Crippen molar-refractivity contribution >= 4 is 10.9 Å². The van der Waals surface area contributed by atoms with Crippen molar-refractivity contribution in [3.63, 3.8) is 0 Å². The number of rotatable bonds is 4. The third kappa shape index (κ3) is 3.16. The molecule has 0 spiro atoms. The molecule has 0 saturated carbocycles. The first kappa shape index (κ1) is 14.8. The molecule has 1 aromatic carbocycles. The molecular formula is C17H29N. The topological polar surface area (TPSA) is 15.8 Å². The Morgan fingerprint density at radius 1 is 1.22 bits per heavy atom. The fraction of sp³-hybridized carbons (Fsp3) is 0.529. The zero-order valence-corrected chi connectivity index (χ0v) is 12.5. The van der Waals surface area contributed by atoms with Crippen LogP contribution < -0.4 is 0 Å². The Morgan fingerprint density at radius 3 is 2.56 bits per heavy atom. The lowest BCUT2D eigenvalue weighted by Crippen LogP contribution is -1.91. The Hall–Kier alpha value is -1.24. The van der Waals surface area contributed by atoms with E-state index in [-0.39, 0.29) is 1.43 Å². The van der Waals surface area contributed by atoms with Gasteiger partial charge in [-0.25, -0.2) is 0 Å². The van der Waals surface area contributed by atoms with Crippen LogP contribution in [-0.4, -0.2) is 4.98 Å². The van der Waals surface area contributed by atoms with Gasteiger partial charge in [0.15, 0.2) is 0 Å². The summed E-state index contributed by atoms with van der Waals surface area (Å²) in [6, 6.07) is 6.84. The second-order valence-corrected chi connectivity index (χ2v) is 4.68. The molecule has 0 aliphatic heterocycles. The second-order valence-electron chi connectivity index (χ2n) is 4.68. The number of benzene rings is 1. The van der Waals surface area contributed by atoms with Crippen molar-refractivity contribution in [1.82, 2.24) is 4.98 Å². The fourth-order valence-electron chi connectivity index (χ4n) is 2.21. The molecule has 0 saturated heterocycles. The normalized spacial score (nSPS) is 12.1. The van der Waals surface area contributed by atoms with Gasteiger partial charge in [-0.15, -0.1) is 0 Å². The van der Waals surface area contributed by atoms with Gasteiger partial charge in [0.05, 0.1) is 0 Å². The molecule has 1 N–H and O–H groups in total. The van der Waals surface area contributed by atoms with Crippen molar-refractivity contribution in [2.45, 2.75) is 59.8 Å². The van der Waals surface area contributed by atoms with Gasteiger partial charge in [0.25, 0.3) is 0 Å². The lowest BCUT2D eigenvalue weighted by atomic mass is 9.96. The van der Waals surface area contributed by atoms with Crippen LogP contribution in [0.1, 0.15) is 65.9 Å². The summed E-state index contributed by atoms with van der Waals surface area (Å²) in [7, 11) is 0. The summed E-state index contributed by atoms with van der Waals surface area (Å²) in [5.74, 6) is 0.661. The predicted molar refractivity (Wildman–Crippen MR) is 84.5 cm³/mol. The van der Waals surface area contributed by atoms with Crippen molar-refractivity contribution < 1.29 is 1.43 Å². The predicted octanol–water partition coefficient (Wildman–Crippen LogP) is 5.91. The van der Waals surface area contributed by atoms with E-state index in [0.717, 1.165) is 0 Å². The zero-order chi connectivity index (χ0) is 13.5. The lowest BCUT2D eigenvalue weighted by molar-refractivity contribution is 0.734. The highest BCUT2D eigenvalue weighted by Crippen LogP contribution is 2.26. The first-order valence-corrected chi connectivity index (χ1v) is 7.36. The molecule has 2 aromatic rings. The maximum Gasteiger partial charge on any atom is 0.0456 e. The summed E-state index contributed by atoms with van der Waals surface area (Å²) >= 11 is 0. The molecule has 0 bridgehead atoms. The largest absolute Gasteiger partial charge is 0.361 e. The highest BCUT2D eigenvalue weighted by Gasteiger charge is 2.07. The average Bonchev–Trinajstić information content (AvgIpc) is 2.83. The Kier molecular flexibility index (Phi) is 5.97. The summed E-state index contributed by atoms with van der Waals surface area (Å²) in [6.45, 7) is 10.8. The van der Waals surface area contributed by atoms with Crippen molar-refractivity contribution in [3.8, 4) is 0 Å². The number of aromatic nitrogens is 1. The third-order valence-corrected chi connectivity index (χ3v) is 3.49. The first-order chi connectivity index (χ1) is 8.76. The van der Waals surface area contributed by atoms with Crippen LogP contribution in [0.4, 0.5) is 0 Å². The van der Waals surface area contributed by atoms with Crippen molar-refractivity contribution in [2.75, 3.05) is 0 Å². The number of hydrogen-bond donors (Lipinski definition) is 1. The van der Waals surface area contributed by atoms with Gasteiger partial charge in [-0.3, -0.25) is 0 Å². The smallest absolute Gasteiger partial charge is 0.0456 e. The molecule has 1 unspecified atom stereocenters. The lowest BCUT2D eigenvalue weighted by Gasteiger charge is -2.09. The number of aryl methyl sites for hydroxylation is 1. The quantitative estimate of drug-likeness (QED) is 0.691. The van der Waals surface area contributed by atoms with E-state index in [0.29, 0.717) is 5.92 Å². The van der Waals surface area contributed by atoms with Gasteiger partial charge < -0.3 is 4.98 Å². The van der Waals surface area contributed by atoms with Crippen LogP contribution in [0.2, 0.25) is 0 Å². The Balaban J connectivity index is 0.00000103. The van der Waals surface area contributed by atoms with Crippen LogP contribution in [-0.2, 0) is 6.42 Å². The number of aromatic amines is 1. The molecule has 1 nitrogen and oxygen atoms in total. The molecular weight excluding hydrogens is 218 g/mol. The minimum Gasteiger partial charge on any atom is -0.361 e. The maximum absolute atomic E-state index is 3.36. The molecule has 0 aliphatic carbocycles. The molecule has 0 fully saturated rings. The molecule has 1 atom stereocenters. The van der Waals surface area contributed by atoms with Gasteiger partial charge in [0.2, 0.25) is 0 Å². The Morgan fingerprint density at radius 2 is 1.94 bits per heavy atom. The summed E-state index contributed by atoms with van der Waals surface area (Å²) < 4.78 is 0. The maximum atomic E-state index is 3.36. The minimum absolute atomic E-state index is 0. The average molecular weight is 247 g/mol. The number of nitrogens with one attached hydrogen (secondary N) is 1. The van der Waals surface area contributed by atoms with Crippen molar-refractivity contribution in [3.05, 3.63) is 35.5 Å². The fourth-order valence-corrected chi connectivity index (χ4v) is 2.21. The van der Waals surface area contributed by atoms with E-state index in [9.17, 15) is 0 Å². The van der Waals surface area contributed by atoms with E-state index in [4.69, 9.17) is 0 Å². The van der Waals surface area contributed by atoms with Gasteiger partial charge in [-0.1, -0.05) is 47.1 Å². The highest BCUT2D eigenvalue weighted by molar-refractivity contribution is 5.84. The summed E-state index contributed by atoms with van der Waals surface area (Å²) in [5, 5.41) is 1.42. The molecule has 0 aliphatic rings. The molecule has 0 radical (unpaired) electrons. The van der Waals surface area contributed by atoms with Crippen LogP contribution in [0, 0.1) is 0 Å². The van der Waals surface area contributed by atoms with E-state index < -0.39 is 0 Å². The molecule has 18 heavy (non-hydrogen) atoms. The van der Waals surface area contributed by atoms with E-state index in [1.807, 2.05) is 13.8 Å². The third-order valence-electron chi connectivity index (χ3n) is 3.49. The van der Waals surface area contributed by atoms with Gasteiger partial charge in [-0.05, 0) is 42.0 Å². The van der Waals surface area contributed by atoms with Crippen molar-refractivity contribution in [1.29, 1.82) is 0 Å². The van der Waals surface area contributed by atoms with Gasteiger partial charge >= 0.3 is 0 Å². The molecule has 1 heteroatoms. The van der Waals surface area contributed by atoms with Crippen LogP contribution >= 0.6 is 0 Å². The first-order valence-electron chi connectivity index (χ1n) is 7.36. The SMILES string of the molecule is CC.CCCc1c[nH]c2ccc(C(C)CC)cc12.[HH]. The molecule has 2 rings (SSSR count). The van der Waals surface area contributed by atoms with E-state index >= 15 is 0 Å². The minimum atomic E-state index is 0. The Labute approximate surface area is 113 Å². The summed E-state index contributed by atoms with van der Waals surface area (Å²) in [4.78, 5) is 3.36. The number of fused-ring (bicyclic) bond motifs is 1. The van der Waals surface area contributed by atoms with Crippen LogP contribution in [0.25, 0.3) is 10.9 Å². The van der Waals surface area contributed by atoms with Gasteiger partial charge in [-0.2, -0.15) is 0 Å². The highest BCUT2D eigenvalue weighted by atomic mass is 14.7. The molecule has 1 aromatic heterocycles. The Bertz CT molecular complexity index is 473.